The van der Waals surface area contributed by atoms with Crippen LogP contribution >= 0.6 is 0 Å². The fraction of sp³-hybridized carbons (Fsp3) is 0.500. The Bertz CT molecular complexity index is 287. The Labute approximate surface area is 79.7 Å². The lowest BCUT2D eigenvalue weighted by atomic mass is 10.1. The van der Waals surface area contributed by atoms with E-state index in [2.05, 4.69) is 26.0 Å². The number of hydrogen-bond donors (Lipinski definition) is 0. The molecule has 0 bridgehead atoms. The van der Waals surface area contributed by atoms with Crippen molar-refractivity contribution < 1.29 is 4.74 Å². The van der Waals surface area contributed by atoms with Gasteiger partial charge in [-0.25, -0.2) is 0 Å². The maximum absolute atomic E-state index is 5.73. The van der Waals surface area contributed by atoms with Gasteiger partial charge in [0, 0.05) is 0 Å². The van der Waals surface area contributed by atoms with Crippen molar-refractivity contribution in [2.24, 2.45) is 0 Å². The minimum absolute atomic E-state index is 0.264. The Morgan fingerprint density at radius 2 is 2.23 bits per heavy atom. The lowest BCUT2D eigenvalue weighted by molar-refractivity contribution is 0.240. The lowest BCUT2D eigenvalue weighted by Gasteiger charge is -2.13. The summed E-state index contributed by atoms with van der Waals surface area (Å²) in [6.07, 6.45) is 2.89. The first-order valence-electron chi connectivity index (χ1n) is 4.94. The van der Waals surface area contributed by atoms with Crippen molar-refractivity contribution in [2.45, 2.75) is 38.7 Å². The molecule has 0 amide bonds. The van der Waals surface area contributed by atoms with Gasteiger partial charge in [0.2, 0.25) is 0 Å². The van der Waals surface area contributed by atoms with Crippen molar-refractivity contribution in [1.29, 1.82) is 0 Å². The molecular weight excluding hydrogens is 160 g/mol. The highest BCUT2D eigenvalue weighted by Gasteiger charge is 2.26. The smallest absolute Gasteiger partial charge is 0.123 e. The van der Waals surface area contributed by atoms with E-state index in [1.165, 1.54) is 18.4 Å². The molecule has 0 aliphatic heterocycles. The van der Waals surface area contributed by atoms with Crippen LogP contribution in [0.5, 0.6) is 5.75 Å². The first-order valence-corrected chi connectivity index (χ1v) is 4.94. The Morgan fingerprint density at radius 1 is 1.46 bits per heavy atom. The molecule has 1 heteroatoms. The molecule has 1 aromatic carbocycles. The van der Waals surface area contributed by atoms with Crippen LogP contribution in [0, 0.1) is 6.07 Å². The van der Waals surface area contributed by atoms with Gasteiger partial charge in [0.15, 0.2) is 0 Å². The van der Waals surface area contributed by atoms with Crippen LogP contribution in [0.15, 0.2) is 18.2 Å². The van der Waals surface area contributed by atoms with E-state index in [1.807, 2.05) is 12.1 Å². The van der Waals surface area contributed by atoms with E-state index in [0.717, 1.165) is 11.7 Å². The topological polar surface area (TPSA) is 9.23 Å². The average molecular weight is 175 g/mol. The summed E-state index contributed by atoms with van der Waals surface area (Å²) in [6.45, 7) is 4.13. The minimum atomic E-state index is 0.264. The van der Waals surface area contributed by atoms with Gasteiger partial charge in [-0.2, -0.15) is 0 Å². The number of ether oxygens (including phenoxy) is 1. The van der Waals surface area contributed by atoms with Gasteiger partial charge in [0.1, 0.15) is 5.75 Å². The summed E-state index contributed by atoms with van der Waals surface area (Å²) in [5.41, 5.74) is 1.34. The third-order valence-corrected chi connectivity index (χ3v) is 2.23. The van der Waals surface area contributed by atoms with E-state index in [4.69, 9.17) is 4.74 Å². The molecule has 1 aromatic rings. The molecule has 13 heavy (non-hydrogen) atoms. The van der Waals surface area contributed by atoms with Crippen molar-refractivity contribution in [2.75, 3.05) is 0 Å². The Balaban J connectivity index is 2.21. The number of hydrogen-bond acceptors (Lipinski definition) is 1. The summed E-state index contributed by atoms with van der Waals surface area (Å²) in [6, 6.07) is 9.12. The third kappa shape index (κ3) is 2.03. The summed E-state index contributed by atoms with van der Waals surface area (Å²) >= 11 is 0. The van der Waals surface area contributed by atoms with Crippen molar-refractivity contribution in [1.82, 2.24) is 0 Å². The summed E-state index contributed by atoms with van der Waals surface area (Å²) in [5, 5.41) is 0. The molecule has 0 saturated heterocycles. The molecule has 0 unspecified atom stereocenters. The zero-order valence-electron chi connectivity index (χ0n) is 8.21. The maximum Gasteiger partial charge on any atom is 0.123 e. The zero-order chi connectivity index (χ0) is 9.26. The molecule has 69 valence electrons. The molecular formula is C12H15O. The molecule has 0 spiro atoms. The molecule has 2 rings (SSSR count). The van der Waals surface area contributed by atoms with Gasteiger partial charge in [0.05, 0.1) is 6.10 Å². The van der Waals surface area contributed by atoms with Crippen LogP contribution in [-0.4, -0.2) is 6.10 Å². The summed E-state index contributed by atoms with van der Waals surface area (Å²) in [7, 11) is 0. The van der Waals surface area contributed by atoms with Gasteiger partial charge in [-0.15, -0.1) is 0 Å². The zero-order valence-corrected chi connectivity index (χ0v) is 8.21. The second kappa shape index (κ2) is 3.41. The van der Waals surface area contributed by atoms with Crippen molar-refractivity contribution in [3.8, 4) is 5.75 Å². The molecule has 1 aliphatic carbocycles. The second-order valence-corrected chi connectivity index (χ2v) is 3.90. The van der Waals surface area contributed by atoms with Gasteiger partial charge in [-0.05, 0) is 56.4 Å². The number of rotatable bonds is 3. The number of benzene rings is 1. The maximum atomic E-state index is 5.73. The monoisotopic (exact) mass is 175 g/mol. The Morgan fingerprint density at radius 3 is 2.85 bits per heavy atom. The first kappa shape index (κ1) is 8.61. The lowest BCUT2D eigenvalue weighted by Crippen LogP contribution is -2.07. The molecule has 1 nitrogen and oxygen atoms in total. The van der Waals surface area contributed by atoms with Gasteiger partial charge in [-0.1, -0.05) is 6.07 Å². The third-order valence-electron chi connectivity index (χ3n) is 2.23. The van der Waals surface area contributed by atoms with Crippen LogP contribution < -0.4 is 4.74 Å². The van der Waals surface area contributed by atoms with Crippen LogP contribution in [0.3, 0.4) is 0 Å². The second-order valence-electron chi connectivity index (χ2n) is 3.90. The van der Waals surface area contributed by atoms with Gasteiger partial charge in [-0.3, -0.25) is 0 Å². The Hall–Kier alpha value is -0.980. The van der Waals surface area contributed by atoms with Gasteiger partial charge < -0.3 is 4.74 Å². The summed E-state index contributed by atoms with van der Waals surface area (Å²) in [4.78, 5) is 0. The van der Waals surface area contributed by atoms with Crippen LogP contribution in [0.1, 0.15) is 38.2 Å². The van der Waals surface area contributed by atoms with Crippen LogP contribution in [0.4, 0.5) is 0 Å². The van der Waals surface area contributed by atoms with Crippen molar-refractivity contribution in [3.05, 3.63) is 29.8 Å². The van der Waals surface area contributed by atoms with Gasteiger partial charge in [0.25, 0.3) is 0 Å². The van der Waals surface area contributed by atoms with Crippen molar-refractivity contribution in [3.63, 3.8) is 0 Å². The van der Waals surface area contributed by atoms with Crippen LogP contribution in [-0.2, 0) is 0 Å². The highest BCUT2D eigenvalue weighted by molar-refractivity contribution is 5.38. The van der Waals surface area contributed by atoms with E-state index in [9.17, 15) is 0 Å². The van der Waals surface area contributed by atoms with E-state index >= 15 is 0 Å². The van der Waals surface area contributed by atoms with Crippen molar-refractivity contribution >= 4 is 0 Å². The highest BCUT2D eigenvalue weighted by atomic mass is 16.5. The standard InChI is InChI=1S/C12H15O/c1-9(2)13-12-6-4-3-5-11(12)10-7-8-10/h4-6,9-10H,7-8H2,1-2H3. The van der Waals surface area contributed by atoms with E-state index < -0.39 is 0 Å². The first-order chi connectivity index (χ1) is 6.27. The predicted octanol–water partition coefficient (Wildman–Crippen LogP) is 3.15. The highest BCUT2D eigenvalue weighted by Crippen LogP contribution is 2.44. The fourth-order valence-corrected chi connectivity index (χ4v) is 1.50. The molecule has 1 saturated carbocycles. The SMILES string of the molecule is CC(C)Oc1cc[c]cc1C1CC1. The molecule has 1 aliphatic rings. The largest absolute Gasteiger partial charge is 0.491 e. The quantitative estimate of drug-likeness (QED) is 0.685. The Kier molecular flexibility index (Phi) is 2.26. The predicted molar refractivity (Wildman–Crippen MR) is 53.0 cm³/mol. The van der Waals surface area contributed by atoms with Crippen LogP contribution in [0.2, 0.25) is 0 Å². The van der Waals surface area contributed by atoms with E-state index in [0.29, 0.717) is 0 Å². The summed E-state index contributed by atoms with van der Waals surface area (Å²) < 4.78 is 5.73. The molecule has 0 N–H and O–H groups in total. The van der Waals surface area contributed by atoms with Gasteiger partial charge >= 0.3 is 0 Å². The minimum Gasteiger partial charge on any atom is -0.491 e. The molecule has 1 radical (unpaired) electrons. The molecule has 0 atom stereocenters. The van der Waals surface area contributed by atoms with E-state index in [1.54, 1.807) is 0 Å². The average Bonchev–Trinajstić information content (AvgIpc) is 2.87. The summed E-state index contributed by atoms with van der Waals surface area (Å²) in [5.74, 6) is 1.79. The normalized spacial score (nSPS) is 16.2. The van der Waals surface area contributed by atoms with E-state index in [-0.39, 0.29) is 6.10 Å². The fourth-order valence-electron chi connectivity index (χ4n) is 1.50. The van der Waals surface area contributed by atoms with Crippen LogP contribution in [0.25, 0.3) is 0 Å². The molecule has 0 heterocycles. The molecule has 0 aromatic heterocycles. The molecule has 1 fully saturated rings.